The Hall–Kier alpha value is -2.59. The van der Waals surface area contributed by atoms with E-state index in [2.05, 4.69) is 26.4 Å². The van der Waals surface area contributed by atoms with E-state index >= 15 is 0 Å². The molecule has 2 aromatic heterocycles. The lowest BCUT2D eigenvalue weighted by molar-refractivity contribution is -0.0494. The molecule has 0 amide bonds. The van der Waals surface area contributed by atoms with Gasteiger partial charge in [-0.3, -0.25) is 4.90 Å². The Morgan fingerprint density at radius 3 is 2.71 bits per heavy atom. The second-order valence-corrected chi connectivity index (χ2v) is 8.07. The lowest BCUT2D eigenvalue weighted by Crippen LogP contribution is -2.53. The molecule has 0 bridgehead atoms. The standard InChI is InChI=1S/C21H28F2N6O2/c1-13-12-28(7-8-30-2)5-6-29(13)18-10-16(26-20(27-18)14-3-4-14)15-9-17(31-21(22)23)19(24)25-11-15/h9-11,13-14,21H,3-8,12H2,1-2H3,(H2,24,25). The van der Waals surface area contributed by atoms with Crippen molar-refractivity contribution >= 4 is 11.6 Å². The van der Waals surface area contributed by atoms with Gasteiger partial charge in [-0.1, -0.05) is 0 Å². The van der Waals surface area contributed by atoms with Crippen LogP contribution in [0.25, 0.3) is 11.3 Å². The molecule has 168 valence electrons. The van der Waals surface area contributed by atoms with Crippen molar-refractivity contribution in [3.05, 3.63) is 24.2 Å². The van der Waals surface area contributed by atoms with Crippen LogP contribution in [0, 0.1) is 0 Å². The van der Waals surface area contributed by atoms with Crippen molar-refractivity contribution in [2.24, 2.45) is 0 Å². The number of hydrogen-bond acceptors (Lipinski definition) is 8. The molecule has 1 aliphatic heterocycles. The third kappa shape index (κ3) is 5.19. The predicted molar refractivity (Wildman–Crippen MR) is 113 cm³/mol. The molecule has 0 radical (unpaired) electrons. The first kappa shape index (κ1) is 21.6. The zero-order valence-electron chi connectivity index (χ0n) is 17.8. The number of pyridine rings is 1. The molecule has 1 atom stereocenters. The van der Waals surface area contributed by atoms with E-state index in [0.717, 1.165) is 50.7 Å². The quantitative estimate of drug-likeness (QED) is 0.679. The van der Waals surface area contributed by atoms with E-state index in [4.69, 9.17) is 20.4 Å². The third-order valence-electron chi connectivity index (χ3n) is 5.68. The van der Waals surface area contributed by atoms with Gasteiger partial charge in [0, 0.05) is 63.1 Å². The predicted octanol–water partition coefficient (Wildman–Crippen LogP) is 2.76. The van der Waals surface area contributed by atoms with Crippen molar-refractivity contribution in [1.29, 1.82) is 0 Å². The number of piperazine rings is 1. The van der Waals surface area contributed by atoms with E-state index in [1.807, 2.05) is 6.07 Å². The minimum absolute atomic E-state index is 0.0819. The molecule has 1 unspecified atom stereocenters. The summed E-state index contributed by atoms with van der Waals surface area (Å²) in [6.07, 6.45) is 3.65. The molecule has 0 aromatic carbocycles. The van der Waals surface area contributed by atoms with E-state index in [1.165, 1.54) is 12.3 Å². The number of ether oxygens (including phenoxy) is 2. The van der Waals surface area contributed by atoms with Crippen LogP contribution < -0.4 is 15.4 Å². The summed E-state index contributed by atoms with van der Waals surface area (Å²) in [5, 5.41) is 0. The van der Waals surface area contributed by atoms with Gasteiger partial charge in [-0.25, -0.2) is 15.0 Å². The fourth-order valence-corrected chi connectivity index (χ4v) is 3.85. The molecular weight excluding hydrogens is 406 g/mol. The molecule has 1 saturated carbocycles. The zero-order valence-corrected chi connectivity index (χ0v) is 17.8. The van der Waals surface area contributed by atoms with Gasteiger partial charge < -0.3 is 20.1 Å². The molecule has 2 aliphatic rings. The van der Waals surface area contributed by atoms with Gasteiger partial charge in [0.05, 0.1) is 12.3 Å². The number of nitrogen functional groups attached to an aromatic ring is 1. The summed E-state index contributed by atoms with van der Waals surface area (Å²) >= 11 is 0. The first-order valence-electron chi connectivity index (χ1n) is 10.5. The maximum atomic E-state index is 12.7. The Morgan fingerprint density at radius 2 is 2.03 bits per heavy atom. The molecule has 4 rings (SSSR count). The molecule has 2 fully saturated rings. The van der Waals surface area contributed by atoms with Gasteiger partial charge in [-0.05, 0) is 25.8 Å². The van der Waals surface area contributed by atoms with Gasteiger partial charge in [0.2, 0.25) is 0 Å². The molecule has 8 nitrogen and oxygen atoms in total. The van der Waals surface area contributed by atoms with Gasteiger partial charge in [-0.2, -0.15) is 8.78 Å². The molecule has 2 N–H and O–H groups in total. The topological polar surface area (TPSA) is 89.6 Å². The van der Waals surface area contributed by atoms with E-state index in [9.17, 15) is 8.78 Å². The molecule has 31 heavy (non-hydrogen) atoms. The van der Waals surface area contributed by atoms with E-state index in [0.29, 0.717) is 23.8 Å². The van der Waals surface area contributed by atoms with Crippen LogP contribution in [0.3, 0.4) is 0 Å². The molecular formula is C21H28F2N6O2. The molecule has 3 heterocycles. The van der Waals surface area contributed by atoms with Crippen molar-refractivity contribution in [1.82, 2.24) is 19.9 Å². The Kier molecular flexibility index (Phi) is 6.47. The van der Waals surface area contributed by atoms with Crippen LogP contribution in [-0.2, 0) is 4.74 Å². The maximum Gasteiger partial charge on any atom is 0.387 e. The molecule has 10 heteroatoms. The Balaban J connectivity index is 1.62. The van der Waals surface area contributed by atoms with E-state index < -0.39 is 6.61 Å². The van der Waals surface area contributed by atoms with Crippen LogP contribution in [0.4, 0.5) is 20.4 Å². The maximum absolute atomic E-state index is 12.7. The van der Waals surface area contributed by atoms with Gasteiger partial charge >= 0.3 is 6.61 Å². The highest BCUT2D eigenvalue weighted by Crippen LogP contribution is 2.40. The summed E-state index contributed by atoms with van der Waals surface area (Å²) in [7, 11) is 1.71. The van der Waals surface area contributed by atoms with Crippen LogP contribution in [0.5, 0.6) is 5.75 Å². The number of aromatic nitrogens is 3. The summed E-state index contributed by atoms with van der Waals surface area (Å²) < 4.78 is 35.2. The largest absolute Gasteiger partial charge is 0.431 e. The van der Waals surface area contributed by atoms with Gasteiger partial charge in [-0.15, -0.1) is 0 Å². The minimum atomic E-state index is -2.97. The zero-order chi connectivity index (χ0) is 22.0. The van der Waals surface area contributed by atoms with Crippen molar-refractivity contribution < 1.29 is 18.3 Å². The number of hydrogen-bond donors (Lipinski definition) is 1. The lowest BCUT2D eigenvalue weighted by atomic mass is 10.1. The molecule has 2 aromatic rings. The van der Waals surface area contributed by atoms with Crippen LogP contribution in [0.1, 0.15) is 31.5 Å². The molecule has 0 spiro atoms. The number of halogens is 2. The highest BCUT2D eigenvalue weighted by Gasteiger charge is 2.30. The molecule has 1 saturated heterocycles. The SMILES string of the molecule is COCCN1CCN(c2cc(-c3cnc(N)c(OC(F)F)c3)nc(C3CC3)n2)C(C)C1. The van der Waals surface area contributed by atoms with E-state index in [-0.39, 0.29) is 17.6 Å². The smallest absolute Gasteiger partial charge is 0.387 e. The monoisotopic (exact) mass is 434 g/mol. The fraction of sp³-hybridized carbons (Fsp3) is 0.571. The number of nitrogens with zero attached hydrogens (tertiary/aromatic N) is 5. The van der Waals surface area contributed by atoms with Crippen LogP contribution >= 0.6 is 0 Å². The van der Waals surface area contributed by atoms with Crippen molar-refractivity contribution in [2.75, 3.05) is 50.5 Å². The summed E-state index contributed by atoms with van der Waals surface area (Å²) in [5.41, 5.74) is 6.90. The number of rotatable bonds is 8. The lowest BCUT2D eigenvalue weighted by Gasteiger charge is -2.40. The van der Waals surface area contributed by atoms with Gasteiger partial charge in [0.1, 0.15) is 11.6 Å². The summed E-state index contributed by atoms with van der Waals surface area (Å²) in [4.78, 5) is 18.2. The van der Waals surface area contributed by atoms with Gasteiger partial charge in [0.25, 0.3) is 0 Å². The van der Waals surface area contributed by atoms with Crippen LogP contribution in [0.2, 0.25) is 0 Å². The Morgan fingerprint density at radius 1 is 1.23 bits per heavy atom. The van der Waals surface area contributed by atoms with Crippen molar-refractivity contribution in [3.8, 4) is 17.0 Å². The second-order valence-electron chi connectivity index (χ2n) is 8.07. The Bertz CT molecular complexity index is 911. The number of nitrogens with two attached hydrogens (primary N) is 1. The highest BCUT2D eigenvalue weighted by molar-refractivity contribution is 5.66. The fourth-order valence-electron chi connectivity index (χ4n) is 3.85. The first-order chi connectivity index (χ1) is 14.9. The summed E-state index contributed by atoms with van der Waals surface area (Å²) in [6.45, 7) is 3.49. The third-order valence-corrected chi connectivity index (χ3v) is 5.68. The summed E-state index contributed by atoms with van der Waals surface area (Å²) in [6, 6.07) is 3.62. The van der Waals surface area contributed by atoms with Crippen LogP contribution in [0.15, 0.2) is 18.3 Å². The van der Waals surface area contributed by atoms with Crippen LogP contribution in [-0.4, -0.2) is 72.4 Å². The normalized spacial score (nSPS) is 19.8. The first-order valence-corrected chi connectivity index (χ1v) is 10.5. The van der Waals surface area contributed by atoms with E-state index in [1.54, 1.807) is 7.11 Å². The average Bonchev–Trinajstić information content (AvgIpc) is 3.59. The number of methoxy groups -OCH3 is 1. The molecule has 1 aliphatic carbocycles. The minimum Gasteiger partial charge on any atom is -0.431 e. The average molecular weight is 434 g/mol. The van der Waals surface area contributed by atoms with Gasteiger partial charge in [0.15, 0.2) is 11.6 Å². The second kappa shape index (κ2) is 9.27. The number of alkyl halides is 2. The van der Waals surface area contributed by atoms with Crippen molar-refractivity contribution in [3.63, 3.8) is 0 Å². The summed E-state index contributed by atoms with van der Waals surface area (Å²) in [5.74, 6) is 1.74. The number of anilines is 2. The highest BCUT2D eigenvalue weighted by atomic mass is 19.3. The van der Waals surface area contributed by atoms with Crippen molar-refractivity contribution in [2.45, 2.75) is 38.3 Å². The Labute approximate surface area is 180 Å².